The normalized spacial score (nSPS) is 36.7. The molecule has 17 heavy (non-hydrogen) atoms. The molecular formula is C14H27NOS. The molecule has 2 nitrogen and oxygen atoms in total. The molecule has 0 aromatic rings. The topological polar surface area (TPSA) is 23.5 Å². The fourth-order valence-corrected chi connectivity index (χ4v) is 4.42. The van der Waals surface area contributed by atoms with Gasteiger partial charge in [-0.25, -0.2) is 0 Å². The Morgan fingerprint density at radius 3 is 2.65 bits per heavy atom. The molecule has 1 heterocycles. The summed E-state index contributed by atoms with van der Waals surface area (Å²) >= 11 is 2.11. The summed E-state index contributed by atoms with van der Waals surface area (Å²) in [4.78, 5) is 2.60. The summed E-state index contributed by atoms with van der Waals surface area (Å²) in [5, 5.41) is 11.0. The Kier molecular flexibility index (Phi) is 5.64. The van der Waals surface area contributed by atoms with Crippen LogP contribution in [-0.2, 0) is 0 Å². The molecule has 2 fully saturated rings. The van der Waals surface area contributed by atoms with Crippen molar-refractivity contribution in [3.8, 4) is 0 Å². The minimum atomic E-state index is -0.0610. The van der Waals surface area contributed by atoms with E-state index in [4.69, 9.17) is 0 Å². The van der Waals surface area contributed by atoms with Crippen LogP contribution in [0.3, 0.4) is 0 Å². The van der Waals surface area contributed by atoms with Gasteiger partial charge in [0.2, 0.25) is 0 Å². The van der Waals surface area contributed by atoms with Gasteiger partial charge in [0.05, 0.1) is 6.10 Å². The van der Waals surface area contributed by atoms with Crippen molar-refractivity contribution in [1.29, 1.82) is 0 Å². The summed E-state index contributed by atoms with van der Waals surface area (Å²) in [6.07, 6.45) is 8.77. The molecule has 0 spiro atoms. The maximum absolute atomic E-state index is 10.2. The van der Waals surface area contributed by atoms with Crippen LogP contribution >= 0.6 is 11.8 Å². The van der Waals surface area contributed by atoms with Gasteiger partial charge in [0, 0.05) is 17.8 Å². The van der Waals surface area contributed by atoms with Crippen molar-refractivity contribution in [3.05, 3.63) is 0 Å². The van der Waals surface area contributed by atoms with E-state index in [0.717, 1.165) is 11.7 Å². The van der Waals surface area contributed by atoms with E-state index in [0.29, 0.717) is 6.04 Å². The number of aliphatic hydroxyl groups excluding tert-OH is 1. The van der Waals surface area contributed by atoms with Gasteiger partial charge in [-0.2, -0.15) is 11.8 Å². The molecule has 1 aliphatic heterocycles. The zero-order valence-corrected chi connectivity index (χ0v) is 11.9. The first-order chi connectivity index (χ1) is 8.31. The molecule has 100 valence electrons. The second kappa shape index (κ2) is 7.01. The van der Waals surface area contributed by atoms with Crippen molar-refractivity contribution < 1.29 is 5.11 Å². The molecule has 0 aromatic carbocycles. The zero-order chi connectivity index (χ0) is 12.1. The van der Waals surface area contributed by atoms with Gasteiger partial charge >= 0.3 is 0 Å². The van der Waals surface area contributed by atoms with Crippen LogP contribution in [0, 0.1) is 0 Å². The van der Waals surface area contributed by atoms with Gasteiger partial charge in [0.1, 0.15) is 0 Å². The van der Waals surface area contributed by atoms with Crippen LogP contribution in [0.15, 0.2) is 0 Å². The van der Waals surface area contributed by atoms with E-state index in [1.807, 2.05) is 0 Å². The van der Waals surface area contributed by atoms with Gasteiger partial charge < -0.3 is 5.11 Å². The molecule has 1 saturated carbocycles. The van der Waals surface area contributed by atoms with E-state index >= 15 is 0 Å². The SMILES string of the molecule is CCSC1CCCCN(C2CCCCC2O)C1. The number of hydrogen-bond acceptors (Lipinski definition) is 3. The molecule has 3 heteroatoms. The lowest BCUT2D eigenvalue weighted by molar-refractivity contribution is 0.0219. The third kappa shape index (κ3) is 3.87. The number of rotatable bonds is 3. The highest BCUT2D eigenvalue weighted by Gasteiger charge is 2.30. The predicted octanol–water partition coefficient (Wildman–Crippen LogP) is 2.90. The van der Waals surface area contributed by atoms with Crippen molar-refractivity contribution in [1.82, 2.24) is 4.90 Å². The average molecular weight is 257 g/mol. The second-order valence-corrected chi connectivity index (χ2v) is 7.06. The molecule has 2 rings (SSSR count). The van der Waals surface area contributed by atoms with Crippen LogP contribution in [-0.4, -0.2) is 46.2 Å². The Labute approximate surface area is 110 Å². The monoisotopic (exact) mass is 257 g/mol. The molecule has 2 aliphatic rings. The Morgan fingerprint density at radius 2 is 1.88 bits per heavy atom. The Balaban J connectivity index is 1.92. The average Bonchev–Trinajstić information content (AvgIpc) is 2.56. The first-order valence-electron chi connectivity index (χ1n) is 7.35. The van der Waals surface area contributed by atoms with Crippen LogP contribution in [0.2, 0.25) is 0 Å². The van der Waals surface area contributed by atoms with Crippen molar-refractivity contribution in [2.24, 2.45) is 0 Å². The molecule has 0 aromatic heterocycles. The van der Waals surface area contributed by atoms with E-state index in [9.17, 15) is 5.11 Å². The van der Waals surface area contributed by atoms with E-state index in [1.165, 1.54) is 57.4 Å². The highest BCUT2D eigenvalue weighted by molar-refractivity contribution is 7.99. The largest absolute Gasteiger partial charge is 0.391 e. The molecule has 0 radical (unpaired) electrons. The van der Waals surface area contributed by atoms with Gasteiger partial charge in [-0.15, -0.1) is 0 Å². The lowest BCUT2D eigenvalue weighted by Gasteiger charge is -2.38. The fourth-order valence-electron chi connectivity index (χ4n) is 3.32. The summed E-state index contributed by atoms with van der Waals surface area (Å²) in [7, 11) is 0. The highest BCUT2D eigenvalue weighted by Crippen LogP contribution is 2.28. The van der Waals surface area contributed by atoms with E-state index in [2.05, 4.69) is 23.6 Å². The van der Waals surface area contributed by atoms with Crippen LogP contribution < -0.4 is 0 Å². The standard InChI is InChI=1S/C14H27NOS/c1-2-17-12-7-5-6-10-15(11-12)13-8-3-4-9-14(13)16/h12-14,16H,2-11H2,1H3. The molecule has 3 atom stereocenters. The lowest BCUT2D eigenvalue weighted by Crippen LogP contribution is -2.47. The summed E-state index contributed by atoms with van der Waals surface area (Å²) in [6, 6.07) is 0.460. The summed E-state index contributed by atoms with van der Waals surface area (Å²) in [6.45, 7) is 4.68. The van der Waals surface area contributed by atoms with Crippen LogP contribution in [0.4, 0.5) is 0 Å². The number of likely N-dealkylation sites (tertiary alicyclic amines) is 1. The molecule has 1 aliphatic carbocycles. The first-order valence-corrected chi connectivity index (χ1v) is 8.40. The fraction of sp³-hybridized carbons (Fsp3) is 1.00. The van der Waals surface area contributed by atoms with E-state index in [1.54, 1.807) is 0 Å². The Hall–Kier alpha value is 0.270. The zero-order valence-electron chi connectivity index (χ0n) is 11.1. The minimum absolute atomic E-state index is 0.0610. The molecule has 3 unspecified atom stereocenters. The Bertz CT molecular complexity index is 224. The van der Waals surface area contributed by atoms with Gasteiger partial charge in [-0.05, 0) is 38.0 Å². The maximum Gasteiger partial charge on any atom is 0.0695 e. The smallest absolute Gasteiger partial charge is 0.0695 e. The molecule has 0 amide bonds. The Morgan fingerprint density at radius 1 is 1.12 bits per heavy atom. The van der Waals surface area contributed by atoms with Crippen molar-refractivity contribution >= 4 is 11.8 Å². The summed E-state index contributed by atoms with van der Waals surface area (Å²) < 4.78 is 0. The van der Waals surface area contributed by atoms with E-state index < -0.39 is 0 Å². The number of thioether (sulfide) groups is 1. The van der Waals surface area contributed by atoms with Crippen LogP contribution in [0.1, 0.15) is 51.9 Å². The molecule has 0 bridgehead atoms. The van der Waals surface area contributed by atoms with Crippen molar-refractivity contribution in [2.45, 2.75) is 69.3 Å². The summed E-state index contributed by atoms with van der Waals surface area (Å²) in [5.41, 5.74) is 0. The first kappa shape index (κ1) is 13.7. The van der Waals surface area contributed by atoms with Crippen molar-refractivity contribution in [3.63, 3.8) is 0 Å². The van der Waals surface area contributed by atoms with Crippen molar-refractivity contribution in [2.75, 3.05) is 18.8 Å². The second-order valence-electron chi connectivity index (χ2n) is 5.49. The quantitative estimate of drug-likeness (QED) is 0.841. The van der Waals surface area contributed by atoms with Crippen LogP contribution in [0.25, 0.3) is 0 Å². The van der Waals surface area contributed by atoms with Gasteiger partial charge in [0.15, 0.2) is 0 Å². The van der Waals surface area contributed by atoms with Crippen LogP contribution in [0.5, 0.6) is 0 Å². The van der Waals surface area contributed by atoms with Gasteiger partial charge in [-0.3, -0.25) is 4.90 Å². The molecule has 1 saturated heterocycles. The maximum atomic E-state index is 10.2. The highest BCUT2D eigenvalue weighted by atomic mass is 32.2. The minimum Gasteiger partial charge on any atom is -0.391 e. The number of nitrogens with zero attached hydrogens (tertiary/aromatic N) is 1. The third-order valence-corrected chi connectivity index (χ3v) is 5.41. The van der Waals surface area contributed by atoms with Gasteiger partial charge in [0.25, 0.3) is 0 Å². The third-order valence-electron chi connectivity index (χ3n) is 4.22. The summed E-state index contributed by atoms with van der Waals surface area (Å²) in [5.74, 6) is 1.23. The molecule has 1 N–H and O–H groups in total. The lowest BCUT2D eigenvalue weighted by atomic mass is 9.91. The molecular weight excluding hydrogens is 230 g/mol. The van der Waals surface area contributed by atoms with E-state index in [-0.39, 0.29) is 6.10 Å². The number of hydrogen-bond donors (Lipinski definition) is 1. The number of aliphatic hydroxyl groups is 1. The van der Waals surface area contributed by atoms with Gasteiger partial charge in [-0.1, -0.05) is 26.2 Å². The predicted molar refractivity (Wildman–Crippen MR) is 75.6 cm³/mol.